The molecular formula is C14H19N3O. The van der Waals surface area contributed by atoms with Gasteiger partial charge in [-0.25, -0.2) is 0 Å². The number of nitrogens with zero attached hydrogens (tertiary/aromatic N) is 2. The summed E-state index contributed by atoms with van der Waals surface area (Å²) in [5, 5.41) is 4.24. The van der Waals surface area contributed by atoms with E-state index in [0.29, 0.717) is 0 Å². The predicted octanol–water partition coefficient (Wildman–Crippen LogP) is 2.03. The number of rotatable bonds is 4. The number of benzene rings is 1. The van der Waals surface area contributed by atoms with Gasteiger partial charge in [0.25, 0.3) is 0 Å². The van der Waals surface area contributed by atoms with Crippen LogP contribution in [-0.2, 0) is 6.54 Å². The van der Waals surface area contributed by atoms with Gasteiger partial charge in [0.15, 0.2) is 0 Å². The number of fused-ring (bicyclic) bond motifs is 1. The average Bonchev–Trinajstić information content (AvgIpc) is 2.37. The minimum absolute atomic E-state index is 0.767. The third kappa shape index (κ3) is 2.38. The van der Waals surface area contributed by atoms with E-state index in [4.69, 9.17) is 4.74 Å². The van der Waals surface area contributed by atoms with E-state index in [2.05, 4.69) is 21.3 Å². The van der Waals surface area contributed by atoms with Crippen molar-refractivity contribution in [3.63, 3.8) is 0 Å². The van der Waals surface area contributed by atoms with Gasteiger partial charge in [0.2, 0.25) is 0 Å². The molecule has 0 bridgehead atoms. The van der Waals surface area contributed by atoms with Crippen LogP contribution >= 0.6 is 0 Å². The van der Waals surface area contributed by atoms with Crippen LogP contribution in [0.1, 0.15) is 5.69 Å². The summed E-state index contributed by atoms with van der Waals surface area (Å²) in [5.41, 5.74) is 3.19. The Bertz CT molecular complexity index is 552. The van der Waals surface area contributed by atoms with Crippen molar-refractivity contribution in [3.05, 3.63) is 30.0 Å². The van der Waals surface area contributed by atoms with Crippen LogP contribution in [0.2, 0.25) is 0 Å². The van der Waals surface area contributed by atoms with Crippen LogP contribution in [0.4, 0.5) is 5.69 Å². The Hall–Kier alpha value is -1.81. The highest BCUT2D eigenvalue weighted by molar-refractivity contribution is 5.92. The molecule has 4 heteroatoms. The second kappa shape index (κ2) is 5.23. The molecule has 0 atom stereocenters. The van der Waals surface area contributed by atoms with Gasteiger partial charge < -0.3 is 15.0 Å². The fourth-order valence-electron chi connectivity index (χ4n) is 2.01. The zero-order valence-corrected chi connectivity index (χ0v) is 11.3. The van der Waals surface area contributed by atoms with Crippen molar-refractivity contribution in [2.45, 2.75) is 6.54 Å². The van der Waals surface area contributed by atoms with Crippen molar-refractivity contribution in [1.82, 2.24) is 10.3 Å². The number of methoxy groups -OCH3 is 1. The van der Waals surface area contributed by atoms with Crippen LogP contribution in [-0.4, -0.2) is 33.2 Å². The van der Waals surface area contributed by atoms with Crippen LogP contribution in [0.5, 0.6) is 5.75 Å². The minimum atomic E-state index is 0.767. The Balaban J connectivity index is 2.64. The Morgan fingerprint density at radius 3 is 2.67 bits per heavy atom. The van der Waals surface area contributed by atoms with Crippen LogP contribution < -0.4 is 15.0 Å². The summed E-state index contributed by atoms with van der Waals surface area (Å²) in [6.07, 6.45) is 0. The van der Waals surface area contributed by atoms with Crippen molar-refractivity contribution in [2.75, 3.05) is 33.2 Å². The summed E-state index contributed by atoms with van der Waals surface area (Å²) < 4.78 is 5.28. The smallest absolute Gasteiger partial charge is 0.119 e. The van der Waals surface area contributed by atoms with Gasteiger partial charge in [-0.3, -0.25) is 4.98 Å². The van der Waals surface area contributed by atoms with Crippen LogP contribution in [0, 0.1) is 0 Å². The first-order valence-electron chi connectivity index (χ1n) is 5.95. The van der Waals surface area contributed by atoms with E-state index in [9.17, 15) is 0 Å². The molecule has 1 aromatic carbocycles. The van der Waals surface area contributed by atoms with E-state index in [-0.39, 0.29) is 0 Å². The van der Waals surface area contributed by atoms with E-state index in [0.717, 1.165) is 34.6 Å². The lowest BCUT2D eigenvalue weighted by atomic mass is 10.1. The molecule has 96 valence electrons. The third-order valence-electron chi connectivity index (χ3n) is 2.89. The normalized spacial score (nSPS) is 10.7. The molecule has 0 aliphatic rings. The van der Waals surface area contributed by atoms with Crippen molar-refractivity contribution in [2.24, 2.45) is 0 Å². The fourth-order valence-corrected chi connectivity index (χ4v) is 2.01. The molecule has 0 saturated carbocycles. The van der Waals surface area contributed by atoms with Crippen molar-refractivity contribution < 1.29 is 4.74 Å². The molecular weight excluding hydrogens is 226 g/mol. The molecule has 0 fully saturated rings. The van der Waals surface area contributed by atoms with Crippen molar-refractivity contribution in [3.8, 4) is 5.75 Å². The lowest BCUT2D eigenvalue weighted by molar-refractivity contribution is 0.415. The quantitative estimate of drug-likeness (QED) is 0.894. The molecule has 2 rings (SSSR count). The van der Waals surface area contributed by atoms with Gasteiger partial charge >= 0.3 is 0 Å². The molecule has 0 aliphatic heterocycles. The molecule has 1 aromatic heterocycles. The number of anilines is 1. The molecule has 2 aromatic rings. The van der Waals surface area contributed by atoms with Gasteiger partial charge in [0, 0.05) is 31.7 Å². The lowest BCUT2D eigenvalue weighted by Gasteiger charge is -2.17. The first kappa shape index (κ1) is 12.6. The molecule has 0 saturated heterocycles. The molecule has 0 aliphatic carbocycles. The molecule has 18 heavy (non-hydrogen) atoms. The van der Waals surface area contributed by atoms with Crippen LogP contribution in [0.25, 0.3) is 10.9 Å². The molecule has 0 spiro atoms. The Kier molecular flexibility index (Phi) is 3.67. The topological polar surface area (TPSA) is 37.4 Å². The van der Waals surface area contributed by atoms with E-state index >= 15 is 0 Å². The highest BCUT2D eigenvalue weighted by Gasteiger charge is 2.08. The number of nitrogens with one attached hydrogen (secondary N) is 1. The third-order valence-corrected chi connectivity index (χ3v) is 2.89. The first-order valence-corrected chi connectivity index (χ1v) is 5.95. The average molecular weight is 245 g/mol. The molecule has 1 N–H and O–H groups in total. The second-order valence-corrected chi connectivity index (χ2v) is 4.44. The number of ether oxygens (including phenoxy) is 1. The first-order chi connectivity index (χ1) is 8.65. The highest BCUT2D eigenvalue weighted by atomic mass is 16.5. The number of pyridine rings is 1. The van der Waals surface area contributed by atoms with E-state index in [1.54, 1.807) is 7.11 Å². The van der Waals surface area contributed by atoms with Gasteiger partial charge in [0.1, 0.15) is 5.75 Å². The van der Waals surface area contributed by atoms with E-state index < -0.39 is 0 Å². The van der Waals surface area contributed by atoms with Gasteiger partial charge in [0.05, 0.1) is 18.3 Å². The van der Waals surface area contributed by atoms with Gasteiger partial charge in [-0.2, -0.15) is 0 Å². The van der Waals surface area contributed by atoms with Crippen LogP contribution in [0.15, 0.2) is 24.3 Å². The zero-order valence-electron chi connectivity index (χ0n) is 11.3. The van der Waals surface area contributed by atoms with E-state index in [1.807, 2.05) is 39.3 Å². The molecule has 0 amide bonds. The SMILES string of the molecule is CNCc1cc(N(C)C)c2cc(OC)ccc2n1. The Morgan fingerprint density at radius 2 is 2.06 bits per heavy atom. The summed E-state index contributed by atoms with van der Waals surface area (Å²) in [7, 11) is 7.68. The highest BCUT2D eigenvalue weighted by Crippen LogP contribution is 2.28. The molecule has 0 unspecified atom stereocenters. The summed E-state index contributed by atoms with van der Waals surface area (Å²) >= 11 is 0. The molecule has 0 radical (unpaired) electrons. The molecule has 4 nitrogen and oxygen atoms in total. The van der Waals surface area contributed by atoms with Crippen molar-refractivity contribution >= 4 is 16.6 Å². The maximum Gasteiger partial charge on any atom is 0.119 e. The Morgan fingerprint density at radius 1 is 1.28 bits per heavy atom. The number of hydrogen-bond acceptors (Lipinski definition) is 4. The predicted molar refractivity (Wildman–Crippen MR) is 75.4 cm³/mol. The van der Waals surface area contributed by atoms with E-state index in [1.165, 1.54) is 0 Å². The van der Waals surface area contributed by atoms with Crippen molar-refractivity contribution in [1.29, 1.82) is 0 Å². The Labute approximate surface area is 108 Å². The minimum Gasteiger partial charge on any atom is -0.497 e. The monoisotopic (exact) mass is 245 g/mol. The number of hydrogen-bond donors (Lipinski definition) is 1. The zero-order chi connectivity index (χ0) is 13.1. The summed E-state index contributed by atoms with van der Waals surface area (Å²) in [4.78, 5) is 6.74. The fraction of sp³-hybridized carbons (Fsp3) is 0.357. The standard InChI is InChI=1S/C14H19N3O/c1-15-9-10-7-14(17(2)3)12-8-11(18-4)5-6-13(12)16-10/h5-8,15H,9H2,1-4H3. The van der Waals surface area contributed by atoms with Gasteiger partial charge in [-0.15, -0.1) is 0 Å². The maximum absolute atomic E-state index is 5.28. The lowest BCUT2D eigenvalue weighted by Crippen LogP contribution is -2.12. The van der Waals surface area contributed by atoms with Gasteiger partial charge in [-0.1, -0.05) is 0 Å². The van der Waals surface area contributed by atoms with Crippen LogP contribution in [0.3, 0.4) is 0 Å². The second-order valence-electron chi connectivity index (χ2n) is 4.44. The number of aromatic nitrogens is 1. The summed E-state index contributed by atoms with van der Waals surface area (Å²) in [6, 6.07) is 8.08. The molecule has 1 heterocycles. The van der Waals surface area contributed by atoms with Gasteiger partial charge in [-0.05, 0) is 31.3 Å². The summed E-state index contributed by atoms with van der Waals surface area (Å²) in [6.45, 7) is 0.767. The largest absolute Gasteiger partial charge is 0.497 e. The summed E-state index contributed by atoms with van der Waals surface area (Å²) in [5.74, 6) is 0.855. The maximum atomic E-state index is 5.28.